The summed E-state index contributed by atoms with van der Waals surface area (Å²) in [6.07, 6.45) is 5.13. The quantitative estimate of drug-likeness (QED) is 0.415. The van der Waals surface area contributed by atoms with Crippen molar-refractivity contribution in [3.63, 3.8) is 0 Å². The summed E-state index contributed by atoms with van der Waals surface area (Å²) in [7, 11) is 0. The van der Waals surface area contributed by atoms with Gasteiger partial charge in [0.1, 0.15) is 6.29 Å². The lowest BCUT2D eigenvalue weighted by atomic mass is 9.78. The Labute approximate surface area is 55.8 Å². The highest BCUT2D eigenvalue weighted by atomic mass is 16.1. The summed E-state index contributed by atoms with van der Waals surface area (Å²) in [5.41, 5.74) is 1.35. The van der Waals surface area contributed by atoms with Crippen LogP contribution in [0.15, 0.2) is 12.2 Å². The summed E-state index contributed by atoms with van der Waals surface area (Å²) in [5.74, 6) is 0.780. The summed E-state index contributed by atoms with van der Waals surface area (Å²) in [6.45, 7) is 3.83. The van der Waals surface area contributed by atoms with Crippen LogP contribution in [0.25, 0.3) is 0 Å². The first-order valence-electron chi connectivity index (χ1n) is 3.43. The summed E-state index contributed by atoms with van der Waals surface area (Å²) in [5, 5.41) is 0. The van der Waals surface area contributed by atoms with E-state index in [-0.39, 0.29) is 0 Å². The van der Waals surface area contributed by atoms with Gasteiger partial charge in [0.15, 0.2) is 0 Å². The molecule has 1 heteroatoms. The molecule has 1 rings (SSSR count). The molecule has 1 nitrogen and oxygen atoms in total. The molecule has 0 radical (unpaired) electrons. The van der Waals surface area contributed by atoms with Crippen LogP contribution >= 0.6 is 0 Å². The van der Waals surface area contributed by atoms with E-state index in [0.717, 1.165) is 37.9 Å². The number of rotatable bonds is 3. The molecular formula is C8H12O. The second kappa shape index (κ2) is 2.81. The van der Waals surface area contributed by atoms with Crippen LogP contribution in [0.2, 0.25) is 0 Å². The lowest BCUT2D eigenvalue weighted by Crippen LogP contribution is -2.13. The Balaban J connectivity index is 2.03. The van der Waals surface area contributed by atoms with Crippen molar-refractivity contribution in [1.29, 1.82) is 0 Å². The van der Waals surface area contributed by atoms with E-state index < -0.39 is 0 Å². The predicted molar refractivity (Wildman–Crippen MR) is 37.2 cm³/mol. The molecule has 0 aromatic carbocycles. The Morgan fingerprint density at radius 1 is 1.67 bits per heavy atom. The minimum absolute atomic E-state index is 0.734. The molecule has 0 spiro atoms. The van der Waals surface area contributed by atoms with Crippen LogP contribution in [0.5, 0.6) is 0 Å². The summed E-state index contributed by atoms with van der Waals surface area (Å²) in [6, 6.07) is 0. The van der Waals surface area contributed by atoms with Gasteiger partial charge in [0.05, 0.1) is 0 Å². The maximum atomic E-state index is 9.91. The third-order valence-corrected chi connectivity index (χ3v) is 1.85. The van der Waals surface area contributed by atoms with Crippen molar-refractivity contribution in [3.05, 3.63) is 12.2 Å². The van der Waals surface area contributed by atoms with Gasteiger partial charge in [-0.25, -0.2) is 0 Å². The van der Waals surface area contributed by atoms with Crippen molar-refractivity contribution in [3.8, 4) is 0 Å². The van der Waals surface area contributed by atoms with Crippen molar-refractivity contribution in [1.82, 2.24) is 0 Å². The van der Waals surface area contributed by atoms with Crippen molar-refractivity contribution < 1.29 is 4.79 Å². The second-order valence-corrected chi connectivity index (χ2v) is 2.77. The highest BCUT2D eigenvalue weighted by Gasteiger charge is 2.19. The highest BCUT2D eigenvalue weighted by Crippen LogP contribution is 2.34. The van der Waals surface area contributed by atoms with E-state index in [2.05, 4.69) is 6.58 Å². The summed E-state index contributed by atoms with van der Waals surface area (Å²) >= 11 is 0. The smallest absolute Gasteiger partial charge is 0.120 e. The van der Waals surface area contributed by atoms with Crippen LogP contribution in [0.3, 0.4) is 0 Å². The molecule has 0 saturated heterocycles. The molecule has 0 atom stereocenters. The lowest BCUT2D eigenvalue weighted by molar-refractivity contribution is -0.108. The fourth-order valence-electron chi connectivity index (χ4n) is 1.26. The molecule has 0 aromatic rings. The van der Waals surface area contributed by atoms with Gasteiger partial charge in [-0.3, -0.25) is 0 Å². The zero-order valence-electron chi connectivity index (χ0n) is 5.60. The third kappa shape index (κ3) is 1.67. The fourth-order valence-corrected chi connectivity index (χ4v) is 1.26. The topological polar surface area (TPSA) is 17.1 Å². The molecule has 0 aromatic heterocycles. The van der Waals surface area contributed by atoms with Crippen molar-refractivity contribution in [2.24, 2.45) is 5.92 Å². The highest BCUT2D eigenvalue weighted by molar-refractivity contribution is 5.49. The number of hydrogen-bond acceptors (Lipinski definition) is 1. The van der Waals surface area contributed by atoms with E-state index in [4.69, 9.17) is 0 Å². The van der Waals surface area contributed by atoms with Crippen LogP contribution in [-0.2, 0) is 4.79 Å². The molecule has 1 aliphatic rings. The van der Waals surface area contributed by atoms with E-state index in [1.54, 1.807) is 0 Å². The lowest BCUT2D eigenvalue weighted by Gasteiger charge is -2.27. The third-order valence-electron chi connectivity index (χ3n) is 1.85. The summed E-state index contributed by atoms with van der Waals surface area (Å²) in [4.78, 5) is 9.91. The van der Waals surface area contributed by atoms with Gasteiger partial charge in [-0.15, -0.1) is 0 Å². The van der Waals surface area contributed by atoms with Gasteiger partial charge in [-0.2, -0.15) is 0 Å². The molecule has 0 heterocycles. The van der Waals surface area contributed by atoms with Gasteiger partial charge in [0.25, 0.3) is 0 Å². The van der Waals surface area contributed by atoms with E-state index in [1.165, 1.54) is 5.57 Å². The Morgan fingerprint density at radius 3 is 2.78 bits per heavy atom. The number of allylic oxidation sites excluding steroid dienone is 1. The maximum Gasteiger partial charge on any atom is 0.120 e. The SMILES string of the molecule is C=C1CC(CCC=O)C1. The average molecular weight is 124 g/mol. The van der Waals surface area contributed by atoms with E-state index >= 15 is 0 Å². The van der Waals surface area contributed by atoms with Crippen molar-refractivity contribution >= 4 is 6.29 Å². The molecule has 1 aliphatic carbocycles. The molecule has 1 saturated carbocycles. The van der Waals surface area contributed by atoms with Gasteiger partial charge in [0.2, 0.25) is 0 Å². The number of hydrogen-bond donors (Lipinski definition) is 0. The van der Waals surface area contributed by atoms with Crippen molar-refractivity contribution in [2.75, 3.05) is 0 Å². The Kier molecular flexibility index (Phi) is 2.04. The van der Waals surface area contributed by atoms with E-state index in [0.29, 0.717) is 0 Å². The first-order valence-corrected chi connectivity index (χ1v) is 3.43. The largest absolute Gasteiger partial charge is 0.303 e. The predicted octanol–water partition coefficient (Wildman–Crippen LogP) is 1.93. The van der Waals surface area contributed by atoms with Gasteiger partial charge in [0, 0.05) is 6.42 Å². The maximum absolute atomic E-state index is 9.91. The molecular weight excluding hydrogens is 112 g/mol. The van der Waals surface area contributed by atoms with Crippen LogP contribution in [0.1, 0.15) is 25.7 Å². The molecule has 50 valence electrons. The molecule has 0 N–H and O–H groups in total. The van der Waals surface area contributed by atoms with Crippen LogP contribution in [-0.4, -0.2) is 6.29 Å². The standard InChI is InChI=1S/C8H12O/c1-7-5-8(6-7)3-2-4-9/h4,8H,1-3,5-6H2. The average Bonchev–Trinajstić information content (AvgIpc) is 1.78. The van der Waals surface area contributed by atoms with Crippen LogP contribution in [0, 0.1) is 5.92 Å². The Hall–Kier alpha value is -0.590. The fraction of sp³-hybridized carbons (Fsp3) is 0.625. The first-order chi connectivity index (χ1) is 4.33. The Morgan fingerprint density at radius 2 is 2.33 bits per heavy atom. The van der Waals surface area contributed by atoms with Gasteiger partial charge < -0.3 is 4.79 Å². The van der Waals surface area contributed by atoms with Crippen molar-refractivity contribution in [2.45, 2.75) is 25.7 Å². The monoisotopic (exact) mass is 124 g/mol. The number of aldehydes is 1. The summed E-state index contributed by atoms with van der Waals surface area (Å²) < 4.78 is 0. The van der Waals surface area contributed by atoms with Crippen LogP contribution in [0.4, 0.5) is 0 Å². The molecule has 0 bridgehead atoms. The number of carbonyl (C=O) groups is 1. The van der Waals surface area contributed by atoms with Crippen LogP contribution < -0.4 is 0 Å². The second-order valence-electron chi connectivity index (χ2n) is 2.77. The minimum atomic E-state index is 0.734. The zero-order chi connectivity index (χ0) is 6.69. The normalized spacial score (nSPS) is 19.3. The Bertz CT molecular complexity index is 119. The van der Waals surface area contributed by atoms with Gasteiger partial charge in [-0.05, 0) is 25.2 Å². The minimum Gasteiger partial charge on any atom is -0.303 e. The molecule has 0 aliphatic heterocycles. The van der Waals surface area contributed by atoms with Gasteiger partial charge in [-0.1, -0.05) is 12.2 Å². The molecule has 0 unspecified atom stereocenters. The molecule has 1 fully saturated rings. The molecule has 9 heavy (non-hydrogen) atoms. The zero-order valence-corrected chi connectivity index (χ0v) is 5.60. The van der Waals surface area contributed by atoms with E-state index in [1.807, 2.05) is 0 Å². The molecule has 0 amide bonds. The number of carbonyl (C=O) groups excluding carboxylic acids is 1. The van der Waals surface area contributed by atoms with E-state index in [9.17, 15) is 4.79 Å². The first kappa shape index (κ1) is 6.53. The van der Waals surface area contributed by atoms with Gasteiger partial charge >= 0.3 is 0 Å².